The molecule has 7 nitrogen and oxygen atoms in total. The molecule has 8 heteroatoms. The summed E-state index contributed by atoms with van der Waals surface area (Å²) >= 11 is 1.05. The van der Waals surface area contributed by atoms with Gasteiger partial charge in [-0.3, -0.25) is 9.59 Å². The first-order valence-corrected chi connectivity index (χ1v) is 9.98. The van der Waals surface area contributed by atoms with Gasteiger partial charge in [-0.1, -0.05) is 51.3 Å². The highest BCUT2D eigenvalue weighted by Crippen LogP contribution is 2.41. The molecule has 0 spiro atoms. The van der Waals surface area contributed by atoms with E-state index in [-0.39, 0.29) is 17.2 Å². The third kappa shape index (κ3) is 4.43. The molecule has 1 aliphatic carbocycles. The van der Waals surface area contributed by atoms with Crippen LogP contribution in [-0.2, 0) is 9.59 Å². The van der Waals surface area contributed by atoms with E-state index < -0.39 is 22.8 Å². The monoisotopic (exact) mass is 385 g/mol. The van der Waals surface area contributed by atoms with E-state index in [0.717, 1.165) is 37.4 Å². The summed E-state index contributed by atoms with van der Waals surface area (Å²) in [5, 5.41) is 34.0. The fourth-order valence-electron chi connectivity index (χ4n) is 3.57. The van der Waals surface area contributed by atoms with E-state index in [4.69, 9.17) is 0 Å². The van der Waals surface area contributed by atoms with Crippen LogP contribution in [0.1, 0.15) is 52.4 Å². The molecule has 2 aliphatic rings. The van der Waals surface area contributed by atoms with Crippen molar-refractivity contribution in [3.8, 4) is 18.2 Å². The maximum atomic E-state index is 12.4. The number of thioether (sulfide) groups is 1. The average Bonchev–Trinajstić information content (AvgIpc) is 2.85. The lowest BCUT2D eigenvalue weighted by Gasteiger charge is -2.34. The molecule has 1 aliphatic heterocycles. The van der Waals surface area contributed by atoms with E-state index in [1.807, 2.05) is 6.07 Å². The van der Waals surface area contributed by atoms with Gasteiger partial charge in [-0.2, -0.15) is 15.8 Å². The van der Waals surface area contributed by atoms with Crippen molar-refractivity contribution in [2.75, 3.05) is 5.75 Å². The van der Waals surface area contributed by atoms with Crippen LogP contribution in [0.3, 0.4) is 0 Å². The molecule has 1 fully saturated rings. The van der Waals surface area contributed by atoms with Gasteiger partial charge in [0.15, 0.2) is 0 Å². The molecule has 0 aromatic carbocycles. The van der Waals surface area contributed by atoms with Crippen LogP contribution in [0.15, 0.2) is 10.6 Å². The lowest BCUT2D eigenvalue weighted by Crippen LogP contribution is -2.48. The first-order chi connectivity index (χ1) is 12.8. The van der Waals surface area contributed by atoms with E-state index in [0.29, 0.717) is 17.9 Å². The van der Waals surface area contributed by atoms with Crippen LogP contribution in [0.4, 0.5) is 0 Å². The standard InChI is InChI=1S/C19H23N5O2S/c1-18(2)13(9-20)16(26)23-17(14(18)10-21)27-11-15(25)24-19(12-22)7-5-3-4-6-8-19/h13H,3-8,11H2,1-2H3,(H,23,26)(H,24,25)/t13-/m0/s1. The largest absolute Gasteiger partial charge is 0.337 e. The van der Waals surface area contributed by atoms with E-state index in [1.54, 1.807) is 13.8 Å². The Bertz CT molecular complexity index is 773. The molecular formula is C19H23N5O2S. The van der Waals surface area contributed by atoms with E-state index in [1.165, 1.54) is 0 Å². The summed E-state index contributed by atoms with van der Waals surface area (Å²) in [7, 11) is 0. The Kier molecular flexibility index (Phi) is 6.52. The topological polar surface area (TPSA) is 130 Å². The summed E-state index contributed by atoms with van der Waals surface area (Å²) in [6.45, 7) is 3.35. The Balaban J connectivity index is 2.10. The zero-order chi connectivity index (χ0) is 20.1. The van der Waals surface area contributed by atoms with Crippen molar-refractivity contribution >= 4 is 23.6 Å². The molecule has 2 amide bonds. The molecule has 0 aromatic rings. The van der Waals surface area contributed by atoms with Crippen LogP contribution in [0, 0.1) is 45.3 Å². The summed E-state index contributed by atoms with van der Waals surface area (Å²) in [5.41, 5.74) is -1.47. The van der Waals surface area contributed by atoms with Crippen molar-refractivity contribution in [3.05, 3.63) is 10.6 Å². The van der Waals surface area contributed by atoms with Crippen molar-refractivity contribution in [1.29, 1.82) is 15.8 Å². The quantitative estimate of drug-likeness (QED) is 0.715. The highest BCUT2D eigenvalue weighted by atomic mass is 32.2. The molecule has 27 heavy (non-hydrogen) atoms. The molecule has 2 N–H and O–H groups in total. The van der Waals surface area contributed by atoms with E-state index >= 15 is 0 Å². The van der Waals surface area contributed by atoms with Gasteiger partial charge in [-0.15, -0.1) is 0 Å². The summed E-state index contributed by atoms with van der Waals surface area (Å²) < 4.78 is 0. The second-order valence-corrected chi connectivity index (χ2v) is 8.52. The van der Waals surface area contributed by atoms with E-state index in [2.05, 4.69) is 22.8 Å². The van der Waals surface area contributed by atoms with Gasteiger partial charge in [0.1, 0.15) is 11.5 Å². The van der Waals surface area contributed by atoms with Gasteiger partial charge in [-0.05, 0) is 12.8 Å². The fourth-order valence-corrected chi connectivity index (χ4v) is 4.55. The Labute approximate surface area is 163 Å². The second-order valence-electron chi connectivity index (χ2n) is 7.53. The Morgan fingerprint density at radius 1 is 1.22 bits per heavy atom. The molecular weight excluding hydrogens is 362 g/mol. The number of amides is 2. The molecule has 1 atom stereocenters. The van der Waals surface area contributed by atoms with Crippen LogP contribution in [-0.4, -0.2) is 23.1 Å². The molecule has 0 saturated heterocycles. The van der Waals surface area contributed by atoms with E-state index in [9.17, 15) is 25.4 Å². The second kappa shape index (κ2) is 8.46. The maximum Gasteiger partial charge on any atom is 0.243 e. The molecule has 1 saturated carbocycles. The van der Waals surface area contributed by atoms with Gasteiger partial charge < -0.3 is 10.6 Å². The zero-order valence-electron chi connectivity index (χ0n) is 15.6. The number of rotatable bonds is 4. The number of carbonyl (C=O) groups excluding carboxylic acids is 2. The third-order valence-corrected chi connectivity index (χ3v) is 6.23. The summed E-state index contributed by atoms with van der Waals surface area (Å²) in [4.78, 5) is 24.6. The third-order valence-electron chi connectivity index (χ3n) is 5.23. The molecule has 0 unspecified atom stereocenters. The van der Waals surface area contributed by atoms with Crippen LogP contribution >= 0.6 is 11.8 Å². The van der Waals surface area contributed by atoms with Crippen molar-refractivity contribution in [1.82, 2.24) is 10.6 Å². The van der Waals surface area contributed by atoms with Crippen LogP contribution < -0.4 is 10.6 Å². The number of hydrogen-bond donors (Lipinski definition) is 2. The molecule has 142 valence electrons. The molecule has 0 bridgehead atoms. The molecule has 0 aromatic heterocycles. The van der Waals surface area contributed by atoms with Crippen LogP contribution in [0.5, 0.6) is 0 Å². The van der Waals surface area contributed by atoms with Gasteiger partial charge >= 0.3 is 0 Å². The summed E-state index contributed by atoms with van der Waals surface area (Å²) in [5.74, 6) is -1.75. The normalized spacial score (nSPS) is 23.8. The maximum absolute atomic E-state index is 12.4. The molecule has 1 heterocycles. The number of nitrogens with zero attached hydrogens (tertiary/aromatic N) is 3. The fraction of sp³-hybridized carbons (Fsp3) is 0.632. The smallest absolute Gasteiger partial charge is 0.243 e. The van der Waals surface area contributed by atoms with Crippen molar-refractivity contribution in [2.24, 2.45) is 11.3 Å². The summed E-state index contributed by atoms with van der Waals surface area (Å²) in [6.07, 6.45) is 5.22. The van der Waals surface area contributed by atoms with Gasteiger partial charge in [0.05, 0.1) is 34.6 Å². The SMILES string of the molecule is CC1(C)C(C#N)=C(SCC(=O)NC2(C#N)CCCCCC2)NC(=O)[C@@H]1C#N. The van der Waals surface area contributed by atoms with Crippen molar-refractivity contribution in [3.63, 3.8) is 0 Å². The van der Waals surface area contributed by atoms with Gasteiger partial charge in [0.25, 0.3) is 0 Å². The first kappa shape index (κ1) is 20.8. The minimum Gasteiger partial charge on any atom is -0.337 e. The van der Waals surface area contributed by atoms with Crippen LogP contribution in [0.25, 0.3) is 0 Å². The average molecular weight is 385 g/mol. The Morgan fingerprint density at radius 3 is 2.37 bits per heavy atom. The molecule has 0 radical (unpaired) electrons. The predicted molar refractivity (Wildman–Crippen MR) is 100 cm³/mol. The minimum absolute atomic E-state index is 0.0163. The Morgan fingerprint density at radius 2 is 1.85 bits per heavy atom. The Hall–Kier alpha value is -2.50. The summed E-state index contributed by atoms with van der Waals surface area (Å²) in [6, 6.07) is 6.28. The van der Waals surface area contributed by atoms with Crippen molar-refractivity contribution in [2.45, 2.75) is 57.9 Å². The predicted octanol–water partition coefficient (Wildman–Crippen LogP) is 2.48. The number of nitrogens with one attached hydrogen (secondary N) is 2. The van der Waals surface area contributed by atoms with Gasteiger partial charge in [0, 0.05) is 5.41 Å². The molecule has 2 rings (SSSR count). The minimum atomic E-state index is -0.960. The number of carbonyl (C=O) groups is 2. The highest BCUT2D eigenvalue weighted by Gasteiger charge is 2.44. The first-order valence-electron chi connectivity index (χ1n) is 9.00. The number of allylic oxidation sites excluding steroid dienone is 1. The zero-order valence-corrected chi connectivity index (χ0v) is 16.4. The number of nitriles is 3. The van der Waals surface area contributed by atoms with Gasteiger partial charge in [0.2, 0.25) is 11.8 Å². The van der Waals surface area contributed by atoms with Crippen molar-refractivity contribution < 1.29 is 9.59 Å². The lowest BCUT2D eigenvalue weighted by atomic mass is 9.72. The number of hydrogen-bond acceptors (Lipinski definition) is 6. The highest BCUT2D eigenvalue weighted by molar-refractivity contribution is 8.03. The van der Waals surface area contributed by atoms with Crippen LogP contribution in [0.2, 0.25) is 0 Å². The van der Waals surface area contributed by atoms with Gasteiger partial charge in [-0.25, -0.2) is 0 Å². The lowest BCUT2D eigenvalue weighted by molar-refractivity contribution is -0.125.